The fraction of sp³-hybridized carbons (Fsp3) is 0.667. The van der Waals surface area contributed by atoms with Crippen molar-refractivity contribution in [3.05, 3.63) is 0 Å². The number of amides is 4. The summed E-state index contributed by atoms with van der Waals surface area (Å²) in [7, 11) is 6.73. The molecule has 28 heteroatoms. The number of hydroxylamine groups is 4. The molecule has 2 N–H and O–H groups in total. The largest absolute Gasteiger partial charge is 0.508 e. The lowest BCUT2D eigenvalue weighted by molar-refractivity contribution is -0.198. The molecular weight excluding hydrogens is 941 g/mol. The molecule has 0 aromatic carbocycles. The molecule has 6 fully saturated rings. The van der Waals surface area contributed by atoms with Gasteiger partial charge >= 0.3 is 36.6 Å². The summed E-state index contributed by atoms with van der Waals surface area (Å²) < 4.78 is 44.0. The first kappa shape index (κ1) is 53.5. The molecule has 6 rings (SSSR count). The van der Waals surface area contributed by atoms with Crippen LogP contribution in [0.3, 0.4) is 0 Å². The Labute approximate surface area is 383 Å². The SMILES string of the molecule is O=C(CCO)ON1C(=O)CCC1=O.O=C(CCOC(=O)OCC1(COC(=O)OCCCO)CSSC1)ON1C(=O)CCC1=O.O=C1OCC2(CO1)CSSC2.O=C1OCCCO1.[2H]C#C. The number of aliphatic hydroxyl groups is 2. The van der Waals surface area contributed by atoms with Gasteiger partial charge in [0, 0.05) is 68.1 Å². The standard InChI is InChI=1S/C17H23NO11S2.C7H9NO5.C6H8O3S2.C4H6O3.C2H2/c19-5-1-6-25-15(23)27-8-17(10-30-31-11-17)9-28-16(24)26-7-4-14(22)29-18-12(20)2-3-13(18)21;9-4-3-7(12)13-8-5(10)1-2-6(8)11;7-5-8-1-6(2-9-5)3-10-11-4-6;5-4-6-2-1-3-7-4;1-2/h19H,1-11H2;9H,1-4H2;1-4H2;1-3H2;1-2H/i;;;;1D. The summed E-state index contributed by atoms with van der Waals surface area (Å²) in [6.45, 7) is 1.20. The lowest BCUT2D eigenvalue weighted by atomic mass is 9.95. The van der Waals surface area contributed by atoms with E-state index in [4.69, 9.17) is 40.0 Å². The van der Waals surface area contributed by atoms with Gasteiger partial charge in [-0.15, -0.1) is 22.9 Å². The first-order valence-electron chi connectivity index (χ1n) is 19.5. The van der Waals surface area contributed by atoms with Crippen molar-refractivity contribution < 1.29 is 107 Å². The molecule has 6 saturated heterocycles. The number of imide groups is 2. The van der Waals surface area contributed by atoms with Gasteiger partial charge in [-0.2, -0.15) is 0 Å². The van der Waals surface area contributed by atoms with Crippen LogP contribution >= 0.6 is 43.2 Å². The molecule has 6 aliphatic rings. The topological polar surface area (TPSA) is 310 Å². The predicted octanol–water partition coefficient (Wildman–Crippen LogP) is 2.36. The van der Waals surface area contributed by atoms with Gasteiger partial charge in [-0.1, -0.05) is 43.2 Å². The Balaban J connectivity index is 0.000000345. The second-order valence-corrected chi connectivity index (χ2v) is 18.3. The van der Waals surface area contributed by atoms with Crippen LogP contribution in [0.2, 0.25) is 0 Å². The number of nitrogens with zero attached hydrogens (tertiary/aromatic N) is 2. The second-order valence-electron chi connectivity index (χ2n) is 13.3. The average Bonchev–Trinajstić information content (AvgIpc) is 4.09. The lowest BCUT2D eigenvalue weighted by Gasteiger charge is -2.29. The van der Waals surface area contributed by atoms with Crippen LogP contribution in [0.4, 0.5) is 19.2 Å². The van der Waals surface area contributed by atoms with Crippen LogP contribution in [-0.4, -0.2) is 170 Å². The van der Waals surface area contributed by atoms with Crippen LogP contribution in [0.25, 0.3) is 0 Å². The minimum Gasteiger partial charge on any atom is -0.434 e. The van der Waals surface area contributed by atoms with Crippen molar-refractivity contribution in [2.75, 3.05) is 89.1 Å². The maximum absolute atomic E-state index is 11.8. The number of aliphatic hydroxyl groups excluding tert-OH is 2. The maximum atomic E-state index is 11.8. The zero-order valence-corrected chi connectivity index (χ0v) is 37.5. The molecule has 0 radical (unpaired) electrons. The fourth-order valence-electron chi connectivity index (χ4n) is 4.69. The molecule has 1 spiro atoms. The van der Waals surface area contributed by atoms with E-state index in [-0.39, 0.29) is 83.6 Å². The van der Waals surface area contributed by atoms with Crippen LogP contribution < -0.4 is 0 Å². The number of rotatable bonds is 14. The molecule has 0 aromatic heterocycles. The molecule has 64 heavy (non-hydrogen) atoms. The zero-order chi connectivity index (χ0) is 48.1. The van der Waals surface area contributed by atoms with E-state index in [2.05, 4.69) is 25.6 Å². The highest BCUT2D eigenvalue weighted by molar-refractivity contribution is 8.77. The molecule has 0 saturated carbocycles. The number of cyclic esters (lactones) is 4. The molecule has 6 heterocycles. The number of hydrogen-bond acceptors (Lipinski definition) is 26. The normalized spacial score (nSPS) is 19.0. The van der Waals surface area contributed by atoms with E-state index in [0.29, 0.717) is 54.5 Å². The maximum Gasteiger partial charge on any atom is 0.508 e. The summed E-state index contributed by atoms with van der Waals surface area (Å²) in [4.78, 5) is 120. The molecule has 0 unspecified atom stereocenters. The Kier molecular flexibility index (Phi) is 25.4. The van der Waals surface area contributed by atoms with Crippen molar-refractivity contribution in [1.29, 1.82) is 0 Å². The van der Waals surface area contributed by atoms with Gasteiger partial charge in [0.15, 0.2) is 0 Å². The third-order valence-corrected chi connectivity index (χ3v) is 13.8. The molecule has 24 nitrogen and oxygen atoms in total. The lowest BCUT2D eigenvalue weighted by Crippen LogP contribution is -2.41. The summed E-state index contributed by atoms with van der Waals surface area (Å²) in [5.41, 5.74) is -0.497. The van der Waals surface area contributed by atoms with Crippen LogP contribution in [0.5, 0.6) is 0 Å². The van der Waals surface area contributed by atoms with Gasteiger partial charge in [0.25, 0.3) is 23.6 Å². The van der Waals surface area contributed by atoms with Crippen LogP contribution in [-0.2, 0) is 76.3 Å². The molecule has 0 aliphatic carbocycles. The number of hydrogen-bond donors (Lipinski definition) is 2. The van der Waals surface area contributed by atoms with Crippen LogP contribution in [0.1, 0.15) is 52.7 Å². The van der Waals surface area contributed by atoms with E-state index in [0.717, 1.165) is 17.9 Å². The first-order valence-corrected chi connectivity index (χ1v) is 24.0. The Morgan fingerprint density at radius 1 is 0.625 bits per heavy atom. The van der Waals surface area contributed by atoms with Gasteiger partial charge < -0.3 is 57.8 Å². The summed E-state index contributed by atoms with van der Waals surface area (Å²) in [5, 5.41) is 17.9. The Morgan fingerprint density at radius 2 is 1.05 bits per heavy atom. The minimum absolute atomic E-state index is 0.0165. The average molecular weight is 990 g/mol. The summed E-state index contributed by atoms with van der Waals surface area (Å²) in [6, 6.07) is 0. The zero-order valence-electron chi connectivity index (χ0n) is 35.2. The highest BCUT2D eigenvalue weighted by atomic mass is 33.1. The van der Waals surface area contributed by atoms with Gasteiger partial charge in [-0.05, 0) is 0 Å². The second kappa shape index (κ2) is 30.3. The van der Waals surface area contributed by atoms with Crippen molar-refractivity contribution in [1.82, 2.24) is 10.1 Å². The molecule has 358 valence electrons. The molecule has 0 atom stereocenters. The van der Waals surface area contributed by atoms with E-state index in [1.54, 1.807) is 21.6 Å². The van der Waals surface area contributed by atoms with E-state index >= 15 is 0 Å². The van der Waals surface area contributed by atoms with Gasteiger partial charge in [0.05, 0.1) is 50.1 Å². The van der Waals surface area contributed by atoms with Gasteiger partial charge in [0.1, 0.15) is 34.4 Å². The monoisotopic (exact) mass is 989 g/mol. The first-order chi connectivity index (χ1) is 31.1. The highest BCUT2D eigenvalue weighted by Gasteiger charge is 2.42. The summed E-state index contributed by atoms with van der Waals surface area (Å²) in [5.74, 6) is -0.719. The third kappa shape index (κ3) is 20.8. The quantitative estimate of drug-likeness (QED) is 0.0630. The van der Waals surface area contributed by atoms with Gasteiger partial charge in [0.2, 0.25) is 0 Å². The minimum atomic E-state index is -1.02. The molecule has 4 amide bonds. The van der Waals surface area contributed by atoms with E-state index in [9.17, 15) is 47.9 Å². The smallest absolute Gasteiger partial charge is 0.434 e. The highest BCUT2D eigenvalue weighted by Crippen LogP contribution is 2.45. The molecular formula is C36H48N2O22S4. The molecule has 0 aromatic rings. The number of ether oxygens (including phenoxy) is 8. The summed E-state index contributed by atoms with van der Waals surface area (Å²) in [6.07, 6.45) is 3.47. The van der Waals surface area contributed by atoms with E-state index in [1.807, 2.05) is 21.6 Å². The number of terminal acetylenes is 1. The Morgan fingerprint density at radius 3 is 1.47 bits per heavy atom. The van der Waals surface area contributed by atoms with Crippen LogP contribution in [0.15, 0.2) is 0 Å². The van der Waals surface area contributed by atoms with Crippen molar-refractivity contribution in [2.45, 2.75) is 51.4 Å². The van der Waals surface area contributed by atoms with Gasteiger partial charge in [-0.3, -0.25) is 19.2 Å². The third-order valence-electron chi connectivity index (χ3n) is 8.10. The van der Waals surface area contributed by atoms with Gasteiger partial charge in [-0.25, -0.2) is 28.8 Å². The van der Waals surface area contributed by atoms with E-state index < -0.39 is 65.6 Å². The van der Waals surface area contributed by atoms with Crippen molar-refractivity contribution in [3.63, 3.8) is 0 Å². The van der Waals surface area contributed by atoms with Crippen molar-refractivity contribution in [2.24, 2.45) is 10.8 Å². The van der Waals surface area contributed by atoms with Crippen molar-refractivity contribution >= 4 is 103 Å². The van der Waals surface area contributed by atoms with Crippen molar-refractivity contribution in [3.8, 4) is 12.8 Å². The molecule has 6 aliphatic heterocycles. The number of carbonyl (C=O) groups excluding carboxylic acids is 10. The van der Waals surface area contributed by atoms with Crippen LogP contribution in [0, 0.1) is 23.7 Å². The fourth-order valence-corrected chi connectivity index (χ4v) is 11.4. The summed E-state index contributed by atoms with van der Waals surface area (Å²) >= 11 is 0. The predicted molar refractivity (Wildman–Crippen MR) is 221 cm³/mol. The molecule has 0 bridgehead atoms. The Hall–Kier alpha value is -4.82. The van der Waals surface area contributed by atoms with E-state index in [1.165, 1.54) is 6.40 Å². The Bertz CT molecular complexity index is 1640. The number of carbonyl (C=O) groups is 10.